The molecule has 0 radical (unpaired) electrons. The van der Waals surface area contributed by atoms with Crippen LogP contribution >= 0.6 is 0 Å². The van der Waals surface area contributed by atoms with Crippen LogP contribution < -0.4 is 5.14 Å². The maximum absolute atomic E-state index is 10.9. The molecule has 0 aliphatic carbocycles. The zero-order valence-electron chi connectivity index (χ0n) is 9.84. The molecule has 7 heteroatoms. The Hall–Kier alpha value is -0.660. The molecule has 0 bridgehead atoms. The molecule has 0 aromatic heterocycles. The first-order valence-electron chi connectivity index (χ1n) is 5.85. The summed E-state index contributed by atoms with van der Waals surface area (Å²) in [5.41, 5.74) is 0. The lowest BCUT2D eigenvalue weighted by Gasteiger charge is -2.35. The van der Waals surface area contributed by atoms with Crippen LogP contribution in [0.5, 0.6) is 0 Å². The van der Waals surface area contributed by atoms with Crippen molar-refractivity contribution < 1.29 is 18.3 Å². The monoisotopic (exact) mass is 264 g/mol. The molecule has 3 N–H and O–H groups in total. The first kappa shape index (κ1) is 14.4. The second kappa shape index (κ2) is 6.32. The number of carbonyl (C=O) groups is 1. The number of sulfonamides is 1. The van der Waals surface area contributed by atoms with Gasteiger partial charge < -0.3 is 5.11 Å². The van der Waals surface area contributed by atoms with E-state index in [9.17, 15) is 13.2 Å². The molecule has 1 unspecified atom stereocenters. The number of aliphatic carboxylic acids is 1. The van der Waals surface area contributed by atoms with Gasteiger partial charge in [0.1, 0.15) is 0 Å². The lowest BCUT2D eigenvalue weighted by atomic mass is 9.98. The van der Waals surface area contributed by atoms with Gasteiger partial charge in [-0.25, -0.2) is 13.6 Å². The van der Waals surface area contributed by atoms with E-state index in [2.05, 4.69) is 4.90 Å². The summed E-state index contributed by atoms with van der Waals surface area (Å²) in [5, 5.41) is 13.6. The van der Waals surface area contributed by atoms with Crippen LogP contribution in [0.4, 0.5) is 0 Å². The molecule has 0 spiro atoms. The van der Waals surface area contributed by atoms with Crippen molar-refractivity contribution in [2.24, 2.45) is 5.14 Å². The Morgan fingerprint density at radius 3 is 2.71 bits per heavy atom. The minimum atomic E-state index is -3.44. The number of hydrogen-bond acceptors (Lipinski definition) is 4. The highest BCUT2D eigenvalue weighted by Crippen LogP contribution is 2.20. The molecule has 0 aromatic rings. The van der Waals surface area contributed by atoms with Gasteiger partial charge in [-0.15, -0.1) is 0 Å². The van der Waals surface area contributed by atoms with Crippen molar-refractivity contribution >= 4 is 16.0 Å². The minimum Gasteiger partial charge on any atom is -0.481 e. The average molecular weight is 264 g/mol. The summed E-state index contributed by atoms with van der Waals surface area (Å²) in [6.07, 6.45) is 3.78. The van der Waals surface area contributed by atoms with E-state index in [0.717, 1.165) is 25.8 Å². The van der Waals surface area contributed by atoms with E-state index in [0.29, 0.717) is 13.0 Å². The maximum atomic E-state index is 10.9. The molecule has 6 nitrogen and oxygen atoms in total. The summed E-state index contributed by atoms with van der Waals surface area (Å²) >= 11 is 0. The number of likely N-dealkylation sites (tertiary alicyclic amines) is 1. The molecule has 17 heavy (non-hydrogen) atoms. The highest BCUT2D eigenvalue weighted by atomic mass is 32.2. The quantitative estimate of drug-likeness (QED) is 0.703. The standard InChI is InChI=1S/C10H20N2O4S/c11-17(15,16)8-7-12-6-2-1-3-9(12)4-5-10(13)14/h9H,1-8H2,(H,13,14)(H2,11,15,16). The molecule has 1 atom stereocenters. The molecule has 1 rings (SSSR count). The summed E-state index contributed by atoms with van der Waals surface area (Å²) in [6.45, 7) is 1.24. The van der Waals surface area contributed by atoms with Crippen LogP contribution in [0.2, 0.25) is 0 Å². The number of carboxylic acid groups (broad SMARTS) is 1. The van der Waals surface area contributed by atoms with Crippen molar-refractivity contribution in [2.45, 2.75) is 38.1 Å². The lowest BCUT2D eigenvalue weighted by molar-refractivity contribution is -0.137. The van der Waals surface area contributed by atoms with Crippen molar-refractivity contribution in [1.29, 1.82) is 0 Å². The molecule has 100 valence electrons. The zero-order chi connectivity index (χ0) is 12.9. The summed E-state index contributed by atoms with van der Waals surface area (Å²) in [6, 6.07) is 0.182. The Morgan fingerprint density at radius 2 is 2.12 bits per heavy atom. The van der Waals surface area contributed by atoms with Gasteiger partial charge in [-0.1, -0.05) is 6.42 Å². The first-order chi connectivity index (χ1) is 7.88. The lowest BCUT2D eigenvalue weighted by Crippen LogP contribution is -2.43. The summed E-state index contributed by atoms with van der Waals surface area (Å²) in [4.78, 5) is 12.6. The maximum Gasteiger partial charge on any atom is 0.303 e. The zero-order valence-corrected chi connectivity index (χ0v) is 10.7. The predicted octanol–water partition coefficient (Wildman–Crippen LogP) is -0.00580. The second-order valence-corrected chi connectivity index (χ2v) is 6.22. The fraction of sp³-hybridized carbons (Fsp3) is 0.900. The molecule has 1 fully saturated rings. The highest BCUT2D eigenvalue weighted by molar-refractivity contribution is 7.89. The van der Waals surface area contributed by atoms with Gasteiger partial charge >= 0.3 is 5.97 Å². The Morgan fingerprint density at radius 1 is 1.41 bits per heavy atom. The SMILES string of the molecule is NS(=O)(=O)CCN1CCCCC1CCC(=O)O. The highest BCUT2D eigenvalue weighted by Gasteiger charge is 2.23. The minimum absolute atomic E-state index is 0.0590. The number of nitrogens with zero attached hydrogens (tertiary/aromatic N) is 1. The van der Waals surface area contributed by atoms with Crippen LogP contribution in [0.25, 0.3) is 0 Å². The van der Waals surface area contributed by atoms with Gasteiger partial charge in [0.2, 0.25) is 10.0 Å². The number of hydrogen-bond donors (Lipinski definition) is 2. The van der Waals surface area contributed by atoms with E-state index in [-0.39, 0.29) is 18.2 Å². The van der Waals surface area contributed by atoms with E-state index in [1.165, 1.54) is 0 Å². The van der Waals surface area contributed by atoms with Gasteiger partial charge in [0.05, 0.1) is 5.75 Å². The Bertz CT molecular complexity index is 355. The molecule has 1 saturated heterocycles. The summed E-state index contributed by atoms with van der Waals surface area (Å²) in [5.74, 6) is -0.863. The molecule has 1 aliphatic rings. The number of primary sulfonamides is 1. The third-order valence-electron chi connectivity index (χ3n) is 3.10. The molecule has 0 saturated carbocycles. The van der Waals surface area contributed by atoms with E-state index in [1.807, 2.05) is 0 Å². The van der Waals surface area contributed by atoms with E-state index in [1.54, 1.807) is 0 Å². The van der Waals surface area contributed by atoms with Gasteiger partial charge in [-0.05, 0) is 25.8 Å². The first-order valence-corrected chi connectivity index (χ1v) is 7.56. The van der Waals surface area contributed by atoms with Crippen LogP contribution in [0.1, 0.15) is 32.1 Å². The van der Waals surface area contributed by atoms with Crippen LogP contribution in [0, 0.1) is 0 Å². The second-order valence-electron chi connectivity index (χ2n) is 4.48. The third kappa shape index (κ3) is 5.99. The average Bonchev–Trinajstić information content (AvgIpc) is 2.23. The van der Waals surface area contributed by atoms with E-state index < -0.39 is 16.0 Å². The van der Waals surface area contributed by atoms with Crippen molar-refractivity contribution in [1.82, 2.24) is 4.90 Å². The van der Waals surface area contributed by atoms with Gasteiger partial charge in [0.15, 0.2) is 0 Å². The number of rotatable bonds is 6. The van der Waals surface area contributed by atoms with E-state index in [4.69, 9.17) is 10.2 Å². The molecule has 1 heterocycles. The summed E-state index contributed by atoms with van der Waals surface area (Å²) < 4.78 is 21.8. The summed E-state index contributed by atoms with van der Waals surface area (Å²) in [7, 11) is -3.44. The molecular formula is C10H20N2O4S. The molecular weight excluding hydrogens is 244 g/mol. The normalized spacial score (nSPS) is 22.5. The smallest absolute Gasteiger partial charge is 0.303 e. The van der Waals surface area contributed by atoms with Crippen LogP contribution in [-0.2, 0) is 14.8 Å². The molecule has 1 aliphatic heterocycles. The Kier molecular flexibility index (Phi) is 5.35. The topological polar surface area (TPSA) is 101 Å². The number of piperidine rings is 1. The Labute approximate surface area is 102 Å². The van der Waals surface area contributed by atoms with Crippen molar-refractivity contribution in [3.8, 4) is 0 Å². The van der Waals surface area contributed by atoms with Crippen LogP contribution in [0.3, 0.4) is 0 Å². The van der Waals surface area contributed by atoms with Crippen molar-refractivity contribution in [3.05, 3.63) is 0 Å². The molecule has 0 aromatic carbocycles. The van der Waals surface area contributed by atoms with Crippen molar-refractivity contribution in [3.63, 3.8) is 0 Å². The predicted molar refractivity (Wildman–Crippen MR) is 64.1 cm³/mol. The Balaban J connectivity index is 2.45. The van der Waals surface area contributed by atoms with Crippen molar-refractivity contribution in [2.75, 3.05) is 18.8 Å². The molecule has 0 amide bonds. The van der Waals surface area contributed by atoms with E-state index >= 15 is 0 Å². The third-order valence-corrected chi connectivity index (χ3v) is 3.86. The number of nitrogens with two attached hydrogens (primary N) is 1. The van der Waals surface area contributed by atoms with Gasteiger partial charge in [0.25, 0.3) is 0 Å². The van der Waals surface area contributed by atoms with Gasteiger partial charge in [-0.3, -0.25) is 9.69 Å². The van der Waals surface area contributed by atoms with Crippen LogP contribution in [0.15, 0.2) is 0 Å². The van der Waals surface area contributed by atoms with Gasteiger partial charge in [0, 0.05) is 19.0 Å². The van der Waals surface area contributed by atoms with Gasteiger partial charge in [-0.2, -0.15) is 0 Å². The largest absolute Gasteiger partial charge is 0.481 e. The number of carboxylic acids is 1. The van der Waals surface area contributed by atoms with Crippen LogP contribution in [-0.4, -0.2) is 49.3 Å². The fourth-order valence-electron chi connectivity index (χ4n) is 2.22. The fourth-order valence-corrected chi connectivity index (χ4v) is 2.70.